The SMILES string of the molecule is C=C(C)/C=C\C(=C)c1cccc2c(C)c(/C=C\C)sc12. The molecule has 0 aliphatic heterocycles. The van der Waals surface area contributed by atoms with Crippen LogP contribution in [-0.2, 0) is 0 Å². The molecule has 0 unspecified atom stereocenters. The summed E-state index contributed by atoms with van der Waals surface area (Å²) < 4.78 is 1.31. The Bertz CT molecular complexity index is 724. The van der Waals surface area contributed by atoms with Gasteiger partial charge in [0.15, 0.2) is 0 Å². The maximum Gasteiger partial charge on any atom is 0.0430 e. The van der Waals surface area contributed by atoms with Crippen molar-refractivity contribution in [2.75, 3.05) is 0 Å². The summed E-state index contributed by atoms with van der Waals surface area (Å²) in [6.45, 7) is 14.3. The Labute approximate surface area is 125 Å². The van der Waals surface area contributed by atoms with Crippen molar-refractivity contribution in [1.82, 2.24) is 0 Å². The van der Waals surface area contributed by atoms with Gasteiger partial charge in [-0.3, -0.25) is 0 Å². The van der Waals surface area contributed by atoms with Crippen LogP contribution in [0, 0.1) is 6.92 Å². The highest BCUT2D eigenvalue weighted by Gasteiger charge is 2.10. The van der Waals surface area contributed by atoms with Crippen molar-refractivity contribution in [3.05, 3.63) is 71.2 Å². The van der Waals surface area contributed by atoms with E-state index in [4.69, 9.17) is 0 Å². The number of fused-ring (bicyclic) bond motifs is 1. The van der Waals surface area contributed by atoms with E-state index >= 15 is 0 Å². The first-order valence-corrected chi connectivity index (χ1v) is 7.54. The van der Waals surface area contributed by atoms with E-state index in [1.165, 1.54) is 26.1 Å². The number of thiophene rings is 1. The molecule has 0 N–H and O–H groups in total. The molecule has 0 spiro atoms. The quantitative estimate of drug-likeness (QED) is 0.569. The molecule has 2 aromatic rings. The largest absolute Gasteiger partial charge is 0.135 e. The lowest BCUT2D eigenvalue weighted by Crippen LogP contribution is -1.80. The van der Waals surface area contributed by atoms with Crippen molar-refractivity contribution >= 4 is 33.1 Å². The highest BCUT2D eigenvalue weighted by molar-refractivity contribution is 7.20. The van der Waals surface area contributed by atoms with Gasteiger partial charge in [-0.1, -0.05) is 55.2 Å². The van der Waals surface area contributed by atoms with Gasteiger partial charge in [-0.05, 0) is 48.9 Å². The van der Waals surface area contributed by atoms with Crippen LogP contribution in [0.4, 0.5) is 0 Å². The predicted molar refractivity (Wildman–Crippen MR) is 94.3 cm³/mol. The van der Waals surface area contributed by atoms with E-state index in [0.29, 0.717) is 0 Å². The molecule has 0 saturated carbocycles. The summed E-state index contributed by atoms with van der Waals surface area (Å²) in [6.07, 6.45) is 8.32. The molecular formula is C19H20S. The van der Waals surface area contributed by atoms with Crippen LogP contribution in [0.15, 0.2) is 55.2 Å². The van der Waals surface area contributed by atoms with E-state index in [1.807, 2.05) is 30.4 Å². The van der Waals surface area contributed by atoms with Gasteiger partial charge in [-0.25, -0.2) is 0 Å². The number of hydrogen-bond donors (Lipinski definition) is 0. The predicted octanol–water partition coefficient (Wildman–Crippen LogP) is 6.39. The van der Waals surface area contributed by atoms with Crippen LogP contribution < -0.4 is 0 Å². The molecule has 0 fully saturated rings. The molecule has 0 radical (unpaired) electrons. The molecule has 0 nitrogen and oxygen atoms in total. The summed E-state index contributed by atoms with van der Waals surface area (Å²) >= 11 is 1.83. The first-order chi connectivity index (χ1) is 9.54. The van der Waals surface area contributed by atoms with Crippen LogP contribution in [0.3, 0.4) is 0 Å². The fraction of sp³-hybridized carbons (Fsp3) is 0.158. The second-order valence-corrected chi connectivity index (χ2v) is 6.03. The smallest absolute Gasteiger partial charge is 0.0430 e. The van der Waals surface area contributed by atoms with E-state index < -0.39 is 0 Å². The molecule has 1 heteroatoms. The molecule has 1 aromatic heterocycles. The van der Waals surface area contributed by atoms with Crippen molar-refractivity contribution in [2.45, 2.75) is 20.8 Å². The van der Waals surface area contributed by atoms with Crippen LogP contribution in [0.2, 0.25) is 0 Å². The summed E-state index contributed by atoms with van der Waals surface area (Å²) in [7, 11) is 0. The Morgan fingerprint density at radius 1 is 1.20 bits per heavy atom. The number of rotatable bonds is 4. The Hall–Kier alpha value is -1.86. The third kappa shape index (κ3) is 2.83. The van der Waals surface area contributed by atoms with Crippen molar-refractivity contribution in [2.24, 2.45) is 0 Å². The lowest BCUT2D eigenvalue weighted by Gasteiger charge is -2.03. The minimum atomic E-state index is 1.03. The number of aryl methyl sites for hydroxylation is 1. The maximum absolute atomic E-state index is 4.19. The second kappa shape index (κ2) is 6.06. The molecule has 20 heavy (non-hydrogen) atoms. The number of hydrogen-bond acceptors (Lipinski definition) is 1. The molecular weight excluding hydrogens is 260 g/mol. The maximum atomic E-state index is 4.19. The molecule has 102 valence electrons. The molecule has 0 saturated heterocycles. The Kier molecular flexibility index (Phi) is 4.41. The molecule has 1 heterocycles. The first-order valence-electron chi connectivity index (χ1n) is 6.72. The summed E-state index contributed by atoms with van der Waals surface area (Å²) in [5.41, 5.74) is 4.63. The van der Waals surface area contributed by atoms with Gasteiger partial charge in [0.1, 0.15) is 0 Å². The molecule has 2 rings (SSSR count). The topological polar surface area (TPSA) is 0 Å². The lowest BCUT2D eigenvalue weighted by atomic mass is 10.0. The third-order valence-corrected chi connectivity index (χ3v) is 4.54. The molecule has 0 aliphatic carbocycles. The van der Waals surface area contributed by atoms with Gasteiger partial charge < -0.3 is 0 Å². The zero-order valence-corrected chi connectivity index (χ0v) is 13.2. The minimum absolute atomic E-state index is 1.03. The van der Waals surface area contributed by atoms with Gasteiger partial charge >= 0.3 is 0 Å². The van der Waals surface area contributed by atoms with Crippen LogP contribution >= 0.6 is 11.3 Å². The van der Waals surface area contributed by atoms with Crippen LogP contribution in [-0.4, -0.2) is 0 Å². The van der Waals surface area contributed by atoms with Crippen molar-refractivity contribution in [3.63, 3.8) is 0 Å². The highest BCUT2D eigenvalue weighted by atomic mass is 32.1. The summed E-state index contributed by atoms with van der Waals surface area (Å²) in [5.74, 6) is 0. The molecule has 0 atom stereocenters. The molecule has 0 bridgehead atoms. The highest BCUT2D eigenvalue weighted by Crippen LogP contribution is 2.36. The standard InChI is InChI=1S/C19H20S/c1-6-8-18-15(5)17-10-7-9-16(19(17)20-18)14(4)12-11-13(2)3/h6-12H,2,4H2,1,3,5H3/b8-6-,12-11-. The van der Waals surface area contributed by atoms with E-state index in [1.54, 1.807) is 0 Å². The lowest BCUT2D eigenvalue weighted by molar-refractivity contribution is 1.56. The minimum Gasteiger partial charge on any atom is -0.135 e. The Balaban J connectivity index is 2.57. The van der Waals surface area contributed by atoms with Crippen molar-refractivity contribution in [3.8, 4) is 0 Å². The summed E-state index contributed by atoms with van der Waals surface area (Å²) in [5, 5.41) is 1.32. The van der Waals surface area contributed by atoms with E-state index in [2.05, 4.69) is 57.4 Å². The first kappa shape index (κ1) is 14.5. The number of allylic oxidation sites excluding steroid dienone is 5. The van der Waals surface area contributed by atoms with E-state index in [0.717, 1.165) is 11.1 Å². The third-order valence-electron chi connectivity index (χ3n) is 3.23. The number of benzene rings is 1. The van der Waals surface area contributed by atoms with Gasteiger partial charge in [-0.2, -0.15) is 0 Å². The monoisotopic (exact) mass is 280 g/mol. The zero-order chi connectivity index (χ0) is 14.7. The molecule has 1 aromatic carbocycles. The van der Waals surface area contributed by atoms with Crippen molar-refractivity contribution in [1.29, 1.82) is 0 Å². The van der Waals surface area contributed by atoms with E-state index in [9.17, 15) is 0 Å². The van der Waals surface area contributed by atoms with Gasteiger partial charge in [0, 0.05) is 9.58 Å². The summed E-state index contributed by atoms with van der Waals surface area (Å²) in [4.78, 5) is 1.33. The van der Waals surface area contributed by atoms with Crippen LogP contribution in [0.5, 0.6) is 0 Å². The van der Waals surface area contributed by atoms with Crippen molar-refractivity contribution < 1.29 is 0 Å². The van der Waals surface area contributed by atoms with Gasteiger partial charge in [0.25, 0.3) is 0 Å². The van der Waals surface area contributed by atoms with E-state index in [-0.39, 0.29) is 0 Å². The Morgan fingerprint density at radius 2 is 1.95 bits per heavy atom. The fourth-order valence-corrected chi connectivity index (χ4v) is 3.48. The van der Waals surface area contributed by atoms with Crippen LogP contribution in [0.25, 0.3) is 21.7 Å². The molecule has 0 amide bonds. The van der Waals surface area contributed by atoms with Crippen LogP contribution in [0.1, 0.15) is 29.9 Å². The second-order valence-electron chi connectivity index (χ2n) is 4.98. The van der Waals surface area contributed by atoms with Gasteiger partial charge in [0.05, 0.1) is 0 Å². The zero-order valence-electron chi connectivity index (χ0n) is 12.4. The van der Waals surface area contributed by atoms with Gasteiger partial charge in [-0.15, -0.1) is 11.3 Å². The summed E-state index contributed by atoms with van der Waals surface area (Å²) in [6, 6.07) is 6.44. The average molecular weight is 280 g/mol. The van der Waals surface area contributed by atoms with Gasteiger partial charge in [0.2, 0.25) is 0 Å². The molecule has 0 aliphatic rings. The Morgan fingerprint density at radius 3 is 2.60 bits per heavy atom. The normalized spacial score (nSPS) is 11.8. The average Bonchev–Trinajstić information content (AvgIpc) is 2.74. The fourth-order valence-electron chi connectivity index (χ4n) is 2.16.